The first kappa shape index (κ1) is 9.91. The zero-order chi connectivity index (χ0) is 8.53. The van der Waals surface area contributed by atoms with Crippen molar-refractivity contribution < 1.29 is 5.21 Å². The molecule has 0 fully saturated rings. The van der Waals surface area contributed by atoms with Crippen molar-refractivity contribution >= 4 is 6.21 Å². The van der Waals surface area contributed by atoms with Crippen LogP contribution in [0.25, 0.3) is 0 Å². The van der Waals surface area contributed by atoms with Gasteiger partial charge < -0.3 is 5.21 Å². The van der Waals surface area contributed by atoms with Crippen LogP contribution in [0.3, 0.4) is 0 Å². The highest BCUT2D eigenvalue weighted by atomic mass is 16.4. The molecule has 62 valence electrons. The molecule has 0 saturated heterocycles. The van der Waals surface area contributed by atoms with Crippen LogP contribution in [-0.4, -0.2) is 36.0 Å². The van der Waals surface area contributed by atoms with Gasteiger partial charge in [0.15, 0.2) is 0 Å². The van der Waals surface area contributed by atoms with E-state index in [4.69, 9.17) is 5.21 Å². The summed E-state index contributed by atoms with van der Waals surface area (Å²) in [5.74, 6) is 0. The predicted molar refractivity (Wildman–Crippen MR) is 47.1 cm³/mol. The van der Waals surface area contributed by atoms with Crippen molar-refractivity contribution in [2.75, 3.05) is 19.6 Å². The molecule has 0 rings (SSSR count). The van der Waals surface area contributed by atoms with Crippen molar-refractivity contribution in [3.8, 4) is 0 Å². The minimum Gasteiger partial charge on any atom is -0.411 e. The Labute approximate surface area is 67.3 Å². The Kier molecular flexibility index (Phi) is 6.33. The van der Waals surface area contributed by atoms with Gasteiger partial charge in [0.25, 0.3) is 0 Å². The van der Waals surface area contributed by atoms with Crippen LogP contribution in [0, 0.1) is 0 Å². The van der Waals surface area contributed by atoms with Gasteiger partial charge in [-0.3, -0.25) is 4.90 Å². The SMILES string of the molecule is C=CCN(CC=C)C/C=N/O. The standard InChI is InChI=1S/C8H14N2O/c1-3-6-10(7-4-2)8-5-9-11/h3-5,11H,1-2,6-8H2/b9-5+. The van der Waals surface area contributed by atoms with Crippen LogP contribution in [0.5, 0.6) is 0 Å². The van der Waals surface area contributed by atoms with E-state index in [-0.39, 0.29) is 0 Å². The van der Waals surface area contributed by atoms with E-state index < -0.39 is 0 Å². The van der Waals surface area contributed by atoms with E-state index in [1.165, 1.54) is 6.21 Å². The third kappa shape index (κ3) is 5.36. The van der Waals surface area contributed by atoms with Gasteiger partial charge in [-0.2, -0.15) is 0 Å². The van der Waals surface area contributed by atoms with Crippen LogP contribution < -0.4 is 0 Å². The van der Waals surface area contributed by atoms with Crippen molar-refractivity contribution in [3.05, 3.63) is 25.3 Å². The number of oxime groups is 1. The second-order valence-electron chi connectivity index (χ2n) is 2.09. The highest BCUT2D eigenvalue weighted by Gasteiger charge is 1.95. The molecular weight excluding hydrogens is 140 g/mol. The lowest BCUT2D eigenvalue weighted by Crippen LogP contribution is -2.25. The maximum Gasteiger partial charge on any atom is 0.0576 e. The molecule has 0 spiro atoms. The zero-order valence-electron chi connectivity index (χ0n) is 6.61. The molecule has 3 heteroatoms. The minimum absolute atomic E-state index is 0.620. The maximum atomic E-state index is 8.14. The Hall–Kier alpha value is -1.09. The fourth-order valence-electron chi connectivity index (χ4n) is 0.741. The molecule has 0 amide bonds. The van der Waals surface area contributed by atoms with Gasteiger partial charge >= 0.3 is 0 Å². The normalized spacial score (nSPS) is 10.6. The van der Waals surface area contributed by atoms with Gasteiger partial charge in [0.05, 0.1) is 6.21 Å². The molecule has 0 aromatic rings. The summed E-state index contributed by atoms with van der Waals surface area (Å²) in [4.78, 5) is 2.03. The quantitative estimate of drug-likeness (QED) is 0.269. The molecule has 0 heterocycles. The van der Waals surface area contributed by atoms with Crippen molar-refractivity contribution in [1.82, 2.24) is 4.90 Å². The zero-order valence-corrected chi connectivity index (χ0v) is 6.61. The van der Waals surface area contributed by atoms with Gasteiger partial charge in [-0.15, -0.1) is 18.3 Å². The summed E-state index contributed by atoms with van der Waals surface area (Å²) in [7, 11) is 0. The van der Waals surface area contributed by atoms with E-state index in [0.717, 1.165) is 13.1 Å². The molecule has 0 bridgehead atoms. The van der Waals surface area contributed by atoms with Gasteiger partial charge in [-0.1, -0.05) is 12.2 Å². The van der Waals surface area contributed by atoms with Gasteiger partial charge in [-0.05, 0) is 0 Å². The van der Waals surface area contributed by atoms with E-state index in [0.29, 0.717) is 6.54 Å². The van der Waals surface area contributed by atoms with Crippen LogP contribution in [-0.2, 0) is 0 Å². The molecule has 0 aromatic carbocycles. The topological polar surface area (TPSA) is 35.8 Å². The third-order valence-corrected chi connectivity index (χ3v) is 1.20. The maximum absolute atomic E-state index is 8.14. The predicted octanol–water partition coefficient (Wildman–Crippen LogP) is 1.12. The Balaban J connectivity index is 3.66. The average Bonchev–Trinajstić information content (AvgIpc) is 2.01. The molecule has 0 aliphatic rings. The Bertz CT molecular complexity index is 133. The van der Waals surface area contributed by atoms with E-state index in [9.17, 15) is 0 Å². The van der Waals surface area contributed by atoms with Gasteiger partial charge in [0.1, 0.15) is 0 Å². The van der Waals surface area contributed by atoms with E-state index in [1.54, 1.807) is 12.2 Å². The second-order valence-corrected chi connectivity index (χ2v) is 2.09. The first-order valence-corrected chi connectivity index (χ1v) is 3.45. The Morgan fingerprint density at radius 1 is 1.18 bits per heavy atom. The van der Waals surface area contributed by atoms with Crippen molar-refractivity contribution in [2.24, 2.45) is 5.16 Å². The largest absolute Gasteiger partial charge is 0.411 e. The number of hydrogen-bond acceptors (Lipinski definition) is 3. The summed E-state index contributed by atoms with van der Waals surface area (Å²) in [6.07, 6.45) is 5.04. The average molecular weight is 154 g/mol. The lowest BCUT2D eigenvalue weighted by atomic mass is 10.4. The summed E-state index contributed by atoms with van der Waals surface area (Å²) in [6, 6.07) is 0. The molecule has 11 heavy (non-hydrogen) atoms. The Morgan fingerprint density at radius 3 is 2.09 bits per heavy atom. The molecular formula is C8H14N2O. The van der Waals surface area contributed by atoms with Gasteiger partial charge in [0, 0.05) is 19.6 Å². The number of rotatable bonds is 6. The highest BCUT2D eigenvalue weighted by Crippen LogP contribution is 1.86. The van der Waals surface area contributed by atoms with Crippen LogP contribution in [0.4, 0.5) is 0 Å². The molecule has 0 aliphatic heterocycles. The number of hydrogen-bond donors (Lipinski definition) is 1. The molecule has 1 N–H and O–H groups in total. The van der Waals surface area contributed by atoms with Crippen LogP contribution >= 0.6 is 0 Å². The van der Waals surface area contributed by atoms with Crippen molar-refractivity contribution in [2.45, 2.75) is 0 Å². The highest BCUT2D eigenvalue weighted by molar-refractivity contribution is 5.58. The van der Waals surface area contributed by atoms with Gasteiger partial charge in [0.2, 0.25) is 0 Å². The molecule has 0 aromatic heterocycles. The second kappa shape index (κ2) is 7.02. The minimum atomic E-state index is 0.620. The van der Waals surface area contributed by atoms with Crippen LogP contribution in [0.2, 0.25) is 0 Å². The van der Waals surface area contributed by atoms with E-state index in [2.05, 4.69) is 18.3 Å². The third-order valence-electron chi connectivity index (χ3n) is 1.20. The first-order chi connectivity index (χ1) is 5.35. The number of nitrogens with zero attached hydrogens (tertiary/aromatic N) is 2. The van der Waals surface area contributed by atoms with E-state index >= 15 is 0 Å². The summed E-state index contributed by atoms with van der Waals surface area (Å²) < 4.78 is 0. The summed E-state index contributed by atoms with van der Waals surface area (Å²) in [5, 5.41) is 11.0. The monoisotopic (exact) mass is 154 g/mol. The molecule has 0 unspecified atom stereocenters. The van der Waals surface area contributed by atoms with Gasteiger partial charge in [-0.25, -0.2) is 0 Å². The fourth-order valence-corrected chi connectivity index (χ4v) is 0.741. The molecule has 0 saturated carbocycles. The van der Waals surface area contributed by atoms with Crippen LogP contribution in [0.1, 0.15) is 0 Å². The molecule has 0 atom stereocenters. The summed E-state index contributed by atoms with van der Waals surface area (Å²) in [5.41, 5.74) is 0. The smallest absolute Gasteiger partial charge is 0.0576 e. The molecule has 0 radical (unpaired) electrons. The first-order valence-electron chi connectivity index (χ1n) is 3.45. The lowest BCUT2D eigenvalue weighted by Gasteiger charge is -2.14. The molecule has 0 aliphatic carbocycles. The lowest BCUT2D eigenvalue weighted by molar-refractivity contribution is 0.314. The van der Waals surface area contributed by atoms with E-state index in [1.807, 2.05) is 4.90 Å². The fraction of sp³-hybridized carbons (Fsp3) is 0.375. The van der Waals surface area contributed by atoms with Crippen LogP contribution in [0.15, 0.2) is 30.5 Å². The summed E-state index contributed by atoms with van der Waals surface area (Å²) in [6.45, 7) is 9.39. The van der Waals surface area contributed by atoms with Crippen molar-refractivity contribution in [3.63, 3.8) is 0 Å². The summed E-state index contributed by atoms with van der Waals surface area (Å²) >= 11 is 0. The molecule has 3 nitrogen and oxygen atoms in total. The van der Waals surface area contributed by atoms with Crippen molar-refractivity contribution in [1.29, 1.82) is 0 Å². The Morgan fingerprint density at radius 2 is 1.73 bits per heavy atom.